The van der Waals surface area contributed by atoms with Gasteiger partial charge in [-0.05, 0) is 33.2 Å². The predicted octanol–water partition coefficient (Wildman–Crippen LogP) is 1.24. The van der Waals surface area contributed by atoms with Gasteiger partial charge in [-0.15, -0.1) is 0 Å². The summed E-state index contributed by atoms with van der Waals surface area (Å²) in [6.07, 6.45) is 4.35. The zero-order valence-corrected chi connectivity index (χ0v) is 5.65. The molecule has 2 aliphatic rings. The number of rotatable bonds is 0. The molecule has 1 aliphatic carbocycles. The number of likely N-dealkylation sites (tertiary alicyclic amines) is 1. The molecule has 3 atom stereocenters. The minimum Gasteiger partial charge on any atom is -0.295 e. The first-order valence-electron chi connectivity index (χ1n) is 3.48. The summed E-state index contributed by atoms with van der Waals surface area (Å²) in [7, 11) is 2.24. The third kappa shape index (κ3) is 0.334. The highest BCUT2D eigenvalue weighted by atomic mass is 15.4. The van der Waals surface area contributed by atoms with E-state index in [9.17, 15) is 0 Å². The molecular formula is C7H13N. The van der Waals surface area contributed by atoms with Crippen LogP contribution in [-0.2, 0) is 0 Å². The molecule has 1 aliphatic heterocycles. The molecule has 2 fully saturated rings. The van der Waals surface area contributed by atoms with Crippen LogP contribution in [0.3, 0.4) is 0 Å². The molecule has 0 amide bonds. The molecule has 8 heavy (non-hydrogen) atoms. The van der Waals surface area contributed by atoms with E-state index in [-0.39, 0.29) is 0 Å². The second kappa shape index (κ2) is 1.10. The maximum absolute atomic E-state index is 2.50. The van der Waals surface area contributed by atoms with E-state index in [1.165, 1.54) is 19.3 Å². The number of hydrogen-bond donors (Lipinski definition) is 0. The summed E-state index contributed by atoms with van der Waals surface area (Å²) < 4.78 is 0. The topological polar surface area (TPSA) is 3.01 Å². The molecule has 0 aromatic carbocycles. The minimum atomic E-state index is 0.653. The van der Waals surface area contributed by atoms with Crippen molar-refractivity contribution >= 4 is 0 Å². The largest absolute Gasteiger partial charge is 0.295 e. The van der Waals surface area contributed by atoms with Crippen LogP contribution in [0.25, 0.3) is 0 Å². The van der Waals surface area contributed by atoms with Crippen molar-refractivity contribution in [1.29, 1.82) is 0 Å². The van der Waals surface area contributed by atoms with Crippen molar-refractivity contribution in [3.63, 3.8) is 0 Å². The van der Waals surface area contributed by atoms with Crippen molar-refractivity contribution in [3.8, 4) is 0 Å². The van der Waals surface area contributed by atoms with E-state index in [0.29, 0.717) is 5.54 Å². The standard InChI is InChI=1S/C7H13N/c1-7-5-3-4-6(7)8(7)2/h6H,3-5H2,1-2H3. The second-order valence-electron chi connectivity index (χ2n) is 3.38. The maximum Gasteiger partial charge on any atom is 0.0337 e. The third-order valence-corrected chi connectivity index (χ3v) is 3.08. The first-order chi connectivity index (χ1) is 3.75. The third-order valence-electron chi connectivity index (χ3n) is 3.08. The lowest BCUT2D eigenvalue weighted by atomic mass is 10.1. The van der Waals surface area contributed by atoms with Crippen molar-refractivity contribution < 1.29 is 0 Å². The monoisotopic (exact) mass is 111 g/mol. The van der Waals surface area contributed by atoms with Crippen LogP contribution in [0.4, 0.5) is 0 Å². The van der Waals surface area contributed by atoms with Gasteiger partial charge in [0.2, 0.25) is 0 Å². The fourth-order valence-corrected chi connectivity index (χ4v) is 2.19. The number of hydrogen-bond acceptors (Lipinski definition) is 1. The van der Waals surface area contributed by atoms with Gasteiger partial charge in [0, 0.05) is 11.6 Å². The van der Waals surface area contributed by atoms with Crippen LogP contribution in [0.5, 0.6) is 0 Å². The average molecular weight is 111 g/mol. The van der Waals surface area contributed by atoms with Crippen LogP contribution in [-0.4, -0.2) is 23.5 Å². The Morgan fingerprint density at radius 2 is 2.38 bits per heavy atom. The van der Waals surface area contributed by atoms with Gasteiger partial charge < -0.3 is 0 Å². The molecular weight excluding hydrogens is 98.1 g/mol. The molecule has 0 aromatic heterocycles. The molecule has 1 heteroatoms. The van der Waals surface area contributed by atoms with E-state index in [1.54, 1.807) is 0 Å². The SMILES string of the molecule is CN1C2CCCC21C. The second-order valence-corrected chi connectivity index (χ2v) is 3.38. The Balaban J connectivity index is 2.18. The van der Waals surface area contributed by atoms with Gasteiger partial charge >= 0.3 is 0 Å². The van der Waals surface area contributed by atoms with E-state index in [0.717, 1.165) is 6.04 Å². The molecule has 0 radical (unpaired) electrons. The zero-order chi connectivity index (χ0) is 5.78. The molecule has 0 spiro atoms. The van der Waals surface area contributed by atoms with E-state index in [2.05, 4.69) is 18.9 Å². The summed E-state index contributed by atoms with van der Waals surface area (Å²) in [5.74, 6) is 0. The van der Waals surface area contributed by atoms with Crippen LogP contribution in [0.15, 0.2) is 0 Å². The van der Waals surface area contributed by atoms with Crippen LogP contribution < -0.4 is 0 Å². The molecule has 0 bridgehead atoms. The van der Waals surface area contributed by atoms with E-state index in [1.807, 2.05) is 0 Å². The fourth-order valence-electron chi connectivity index (χ4n) is 2.19. The van der Waals surface area contributed by atoms with E-state index in [4.69, 9.17) is 0 Å². The van der Waals surface area contributed by atoms with Gasteiger partial charge in [-0.1, -0.05) is 0 Å². The lowest BCUT2D eigenvalue weighted by Gasteiger charge is -2.03. The number of nitrogens with zero attached hydrogens (tertiary/aromatic N) is 1. The van der Waals surface area contributed by atoms with Crippen LogP contribution in [0.2, 0.25) is 0 Å². The molecule has 1 saturated heterocycles. The Bertz CT molecular complexity index is 122. The predicted molar refractivity (Wildman–Crippen MR) is 33.8 cm³/mol. The molecule has 46 valence electrons. The molecule has 1 heterocycles. The van der Waals surface area contributed by atoms with Gasteiger partial charge in [-0.25, -0.2) is 0 Å². The van der Waals surface area contributed by atoms with Gasteiger partial charge in [0.15, 0.2) is 0 Å². The van der Waals surface area contributed by atoms with Gasteiger partial charge in [-0.3, -0.25) is 4.90 Å². The first-order valence-corrected chi connectivity index (χ1v) is 3.48. The van der Waals surface area contributed by atoms with Crippen LogP contribution >= 0.6 is 0 Å². The Morgan fingerprint density at radius 1 is 1.62 bits per heavy atom. The first kappa shape index (κ1) is 4.80. The summed E-state index contributed by atoms with van der Waals surface area (Å²) in [5.41, 5.74) is 0.653. The van der Waals surface area contributed by atoms with Gasteiger partial charge in [0.25, 0.3) is 0 Å². The van der Waals surface area contributed by atoms with Crippen molar-refractivity contribution in [3.05, 3.63) is 0 Å². The van der Waals surface area contributed by atoms with E-state index < -0.39 is 0 Å². The lowest BCUT2D eigenvalue weighted by Crippen LogP contribution is -2.08. The summed E-state index contributed by atoms with van der Waals surface area (Å²) in [6.45, 7) is 2.38. The normalized spacial score (nSPS) is 60.8. The van der Waals surface area contributed by atoms with Crippen LogP contribution in [0, 0.1) is 0 Å². The summed E-state index contributed by atoms with van der Waals surface area (Å²) in [5, 5.41) is 0. The Hall–Kier alpha value is -0.0400. The highest BCUT2D eigenvalue weighted by Gasteiger charge is 2.58. The number of piperidine rings is 1. The van der Waals surface area contributed by atoms with Crippen molar-refractivity contribution in [2.45, 2.75) is 37.8 Å². The average Bonchev–Trinajstić information content (AvgIpc) is 2.23. The fraction of sp³-hybridized carbons (Fsp3) is 1.00. The molecule has 1 nitrogen and oxygen atoms in total. The van der Waals surface area contributed by atoms with Crippen molar-refractivity contribution in [2.75, 3.05) is 7.05 Å². The molecule has 1 saturated carbocycles. The highest BCUT2D eigenvalue weighted by molar-refractivity contribution is 5.15. The number of fused-ring (bicyclic) bond motifs is 1. The Kier molecular flexibility index (Phi) is 0.663. The summed E-state index contributed by atoms with van der Waals surface area (Å²) >= 11 is 0. The summed E-state index contributed by atoms with van der Waals surface area (Å²) in [6, 6.07) is 0.961. The lowest BCUT2D eigenvalue weighted by molar-refractivity contribution is 0.433. The molecule has 0 aromatic rings. The number of likely N-dealkylation sites (N-methyl/N-ethyl adjacent to an activating group) is 1. The Morgan fingerprint density at radius 3 is 2.62 bits per heavy atom. The van der Waals surface area contributed by atoms with Crippen molar-refractivity contribution in [2.24, 2.45) is 0 Å². The van der Waals surface area contributed by atoms with Gasteiger partial charge in [0.05, 0.1) is 0 Å². The Labute approximate surface area is 50.7 Å². The smallest absolute Gasteiger partial charge is 0.0337 e. The quantitative estimate of drug-likeness (QED) is 0.425. The van der Waals surface area contributed by atoms with Crippen LogP contribution in [0.1, 0.15) is 26.2 Å². The molecule has 3 unspecified atom stereocenters. The molecule has 2 rings (SSSR count). The maximum atomic E-state index is 2.50. The summed E-state index contributed by atoms with van der Waals surface area (Å²) in [4.78, 5) is 2.50. The minimum absolute atomic E-state index is 0.653. The van der Waals surface area contributed by atoms with Gasteiger partial charge in [-0.2, -0.15) is 0 Å². The van der Waals surface area contributed by atoms with Crippen molar-refractivity contribution in [1.82, 2.24) is 4.90 Å². The highest BCUT2D eigenvalue weighted by Crippen LogP contribution is 2.50. The zero-order valence-electron chi connectivity index (χ0n) is 5.65. The van der Waals surface area contributed by atoms with E-state index >= 15 is 0 Å². The molecule has 0 N–H and O–H groups in total. The van der Waals surface area contributed by atoms with Gasteiger partial charge in [0.1, 0.15) is 0 Å².